The van der Waals surface area contributed by atoms with Gasteiger partial charge in [0.25, 0.3) is 5.91 Å². The number of aryl methyl sites for hydroxylation is 1. The average molecular weight is 296 g/mol. The van der Waals surface area contributed by atoms with Crippen LogP contribution in [0.3, 0.4) is 0 Å². The van der Waals surface area contributed by atoms with Crippen molar-refractivity contribution in [3.8, 4) is 5.75 Å². The van der Waals surface area contributed by atoms with Gasteiger partial charge in [-0.3, -0.25) is 4.79 Å². The second-order valence-corrected chi connectivity index (χ2v) is 5.37. The Balaban J connectivity index is 1.78. The molecule has 0 atom stereocenters. The van der Waals surface area contributed by atoms with Crippen LogP contribution < -0.4 is 10.1 Å². The van der Waals surface area contributed by atoms with Crippen molar-refractivity contribution in [2.45, 2.75) is 6.92 Å². The number of hydrogen-bond donors (Lipinski definition) is 1. The molecule has 1 aromatic carbocycles. The highest BCUT2D eigenvalue weighted by Gasteiger charge is 2.06. The third kappa shape index (κ3) is 3.98. The second kappa shape index (κ2) is 6.59. The molecule has 1 amide bonds. The highest BCUT2D eigenvalue weighted by atomic mass is 35.5. The summed E-state index contributed by atoms with van der Waals surface area (Å²) in [6.45, 7) is 2.81. The number of carbonyl (C=O) groups excluding carboxylic acids is 1. The van der Waals surface area contributed by atoms with E-state index < -0.39 is 0 Å². The van der Waals surface area contributed by atoms with E-state index in [4.69, 9.17) is 16.3 Å². The first-order valence-electron chi connectivity index (χ1n) is 5.87. The van der Waals surface area contributed by atoms with Crippen molar-refractivity contribution in [3.05, 3.63) is 51.2 Å². The van der Waals surface area contributed by atoms with Crippen LogP contribution in [0.2, 0.25) is 5.02 Å². The van der Waals surface area contributed by atoms with Gasteiger partial charge in [0.05, 0.1) is 16.4 Å². The van der Waals surface area contributed by atoms with Gasteiger partial charge in [-0.25, -0.2) is 0 Å². The van der Waals surface area contributed by atoms with Crippen LogP contribution in [0.25, 0.3) is 0 Å². The molecule has 0 saturated carbocycles. The highest BCUT2D eigenvalue weighted by Crippen LogP contribution is 2.24. The minimum absolute atomic E-state index is 0.0751. The normalized spacial score (nSPS) is 10.2. The van der Waals surface area contributed by atoms with Crippen molar-refractivity contribution < 1.29 is 9.53 Å². The van der Waals surface area contributed by atoms with Crippen LogP contribution in [0.1, 0.15) is 15.2 Å². The first-order valence-corrected chi connectivity index (χ1v) is 7.13. The monoisotopic (exact) mass is 295 g/mol. The SMILES string of the molecule is Cc1ccc(Cl)c(OCCNC(=O)c2cccs2)c1. The summed E-state index contributed by atoms with van der Waals surface area (Å²) in [7, 11) is 0. The van der Waals surface area contributed by atoms with Crippen LogP contribution in [0.5, 0.6) is 5.75 Å². The number of ether oxygens (including phenoxy) is 1. The number of rotatable bonds is 5. The Bertz CT molecular complexity index is 555. The summed E-state index contributed by atoms with van der Waals surface area (Å²) in [4.78, 5) is 12.4. The maximum Gasteiger partial charge on any atom is 0.261 e. The third-order valence-electron chi connectivity index (χ3n) is 2.48. The zero-order chi connectivity index (χ0) is 13.7. The Morgan fingerprint density at radius 1 is 1.42 bits per heavy atom. The van der Waals surface area contributed by atoms with Gasteiger partial charge in [0.1, 0.15) is 12.4 Å². The number of benzene rings is 1. The molecular weight excluding hydrogens is 282 g/mol. The fourth-order valence-corrected chi connectivity index (χ4v) is 2.35. The minimum Gasteiger partial charge on any atom is -0.490 e. The van der Waals surface area contributed by atoms with Gasteiger partial charge in [0, 0.05) is 0 Å². The second-order valence-electron chi connectivity index (χ2n) is 4.02. The van der Waals surface area contributed by atoms with Gasteiger partial charge in [-0.2, -0.15) is 0 Å². The van der Waals surface area contributed by atoms with Crippen molar-refractivity contribution >= 4 is 28.8 Å². The van der Waals surface area contributed by atoms with Crippen LogP contribution in [0, 0.1) is 6.92 Å². The van der Waals surface area contributed by atoms with Crippen molar-refractivity contribution in [1.29, 1.82) is 0 Å². The highest BCUT2D eigenvalue weighted by molar-refractivity contribution is 7.12. The van der Waals surface area contributed by atoms with E-state index in [1.165, 1.54) is 11.3 Å². The van der Waals surface area contributed by atoms with Crippen LogP contribution >= 0.6 is 22.9 Å². The molecule has 2 rings (SSSR count). The molecule has 0 aliphatic rings. The van der Waals surface area contributed by atoms with Crippen LogP contribution in [0.15, 0.2) is 35.7 Å². The maximum absolute atomic E-state index is 11.7. The van der Waals surface area contributed by atoms with Gasteiger partial charge in [-0.1, -0.05) is 23.7 Å². The summed E-state index contributed by atoms with van der Waals surface area (Å²) in [5.74, 6) is 0.570. The van der Waals surface area contributed by atoms with Crippen LogP contribution in [-0.2, 0) is 0 Å². The van der Waals surface area contributed by atoms with Crippen molar-refractivity contribution in [1.82, 2.24) is 5.32 Å². The average Bonchev–Trinajstić information content (AvgIpc) is 2.92. The molecule has 2 aromatic rings. The molecule has 0 radical (unpaired) electrons. The summed E-state index contributed by atoms with van der Waals surface area (Å²) < 4.78 is 5.54. The van der Waals surface area contributed by atoms with Gasteiger partial charge in [-0.15, -0.1) is 11.3 Å². The molecule has 5 heteroatoms. The van der Waals surface area contributed by atoms with Crippen LogP contribution in [0.4, 0.5) is 0 Å². The smallest absolute Gasteiger partial charge is 0.261 e. The van der Waals surface area contributed by atoms with Gasteiger partial charge in [0.2, 0.25) is 0 Å². The topological polar surface area (TPSA) is 38.3 Å². The molecule has 1 N–H and O–H groups in total. The fraction of sp³-hybridized carbons (Fsp3) is 0.214. The molecule has 19 heavy (non-hydrogen) atoms. The predicted molar refractivity (Wildman–Crippen MR) is 78.3 cm³/mol. The van der Waals surface area contributed by atoms with E-state index in [0.717, 1.165) is 5.56 Å². The molecule has 0 fully saturated rings. The number of carbonyl (C=O) groups is 1. The maximum atomic E-state index is 11.7. The molecule has 0 aliphatic heterocycles. The zero-order valence-corrected chi connectivity index (χ0v) is 12.1. The molecule has 100 valence electrons. The van der Waals surface area contributed by atoms with Crippen molar-refractivity contribution in [3.63, 3.8) is 0 Å². The molecule has 0 aliphatic carbocycles. The quantitative estimate of drug-likeness (QED) is 0.857. The number of amides is 1. The lowest BCUT2D eigenvalue weighted by molar-refractivity contribution is 0.0951. The van der Waals surface area contributed by atoms with E-state index in [0.29, 0.717) is 28.8 Å². The van der Waals surface area contributed by atoms with Crippen molar-refractivity contribution in [2.24, 2.45) is 0 Å². The molecule has 1 heterocycles. The van der Waals surface area contributed by atoms with Gasteiger partial charge in [0.15, 0.2) is 0 Å². The molecule has 0 saturated heterocycles. The van der Waals surface area contributed by atoms with E-state index >= 15 is 0 Å². The number of hydrogen-bond acceptors (Lipinski definition) is 3. The lowest BCUT2D eigenvalue weighted by atomic mass is 10.2. The van der Waals surface area contributed by atoms with E-state index in [1.807, 2.05) is 30.5 Å². The largest absolute Gasteiger partial charge is 0.490 e. The van der Waals surface area contributed by atoms with E-state index in [2.05, 4.69) is 5.32 Å². The van der Waals surface area contributed by atoms with Gasteiger partial charge in [-0.05, 0) is 36.1 Å². The number of nitrogens with one attached hydrogen (secondary N) is 1. The Kier molecular flexibility index (Phi) is 4.82. The Morgan fingerprint density at radius 2 is 2.26 bits per heavy atom. The molecule has 1 aromatic heterocycles. The number of thiophene rings is 1. The Hall–Kier alpha value is -1.52. The Morgan fingerprint density at radius 3 is 3.00 bits per heavy atom. The first kappa shape index (κ1) is 13.9. The summed E-state index contributed by atoms with van der Waals surface area (Å²) in [5, 5.41) is 5.24. The predicted octanol–water partition coefficient (Wildman–Crippen LogP) is 3.52. The van der Waals surface area contributed by atoms with Crippen molar-refractivity contribution in [2.75, 3.05) is 13.2 Å². The standard InChI is InChI=1S/C14H14ClNO2S/c1-10-4-5-11(15)12(9-10)18-7-6-16-14(17)13-3-2-8-19-13/h2-5,8-9H,6-7H2,1H3,(H,16,17). The summed E-state index contributed by atoms with van der Waals surface area (Å²) >= 11 is 7.42. The Labute approximate surface area is 121 Å². The summed E-state index contributed by atoms with van der Waals surface area (Å²) in [6, 6.07) is 9.24. The summed E-state index contributed by atoms with van der Waals surface area (Å²) in [6.07, 6.45) is 0. The first-order chi connectivity index (χ1) is 9.16. The van der Waals surface area contributed by atoms with E-state index in [1.54, 1.807) is 12.1 Å². The summed E-state index contributed by atoms with van der Waals surface area (Å²) in [5.41, 5.74) is 1.09. The third-order valence-corrected chi connectivity index (χ3v) is 3.66. The molecule has 3 nitrogen and oxygen atoms in total. The van der Waals surface area contributed by atoms with Gasteiger partial charge < -0.3 is 10.1 Å². The lowest BCUT2D eigenvalue weighted by Crippen LogP contribution is -2.27. The molecular formula is C14H14ClNO2S. The molecule has 0 unspecified atom stereocenters. The fourth-order valence-electron chi connectivity index (χ4n) is 1.54. The zero-order valence-electron chi connectivity index (χ0n) is 10.5. The molecule has 0 spiro atoms. The van der Waals surface area contributed by atoms with Crippen LogP contribution in [-0.4, -0.2) is 19.1 Å². The minimum atomic E-state index is -0.0751. The van der Waals surface area contributed by atoms with E-state index in [-0.39, 0.29) is 5.91 Å². The van der Waals surface area contributed by atoms with E-state index in [9.17, 15) is 4.79 Å². The molecule has 0 bridgehead atoms. The van der Waals surface area contributed by atoms with Gasteiger partial charge >= 0.3 is 0 Å². The lowest BCUT2D eigenvalue weighted by Gasteiger charge is -2.09. The number of halogens is 1.